The van der Waals surface area contributed by atoms with Crippen molar-refractivity contribution in [3.8, 4) is 0 Å². The molecular weight excluding hydrogens is 328 g/mol. The smallest absolute Gasteiger partial charge is 0.227 e. The molecule has 1 aromatic heterocycles. The summed E-state index contributed by atoms with van der Waals surface area (Å²) in [4.78, 5) is 26.6. The lowest BCUT2D eigenvalue weighted by molar-refractivity contribution is -0.129. The van der Waals surface area contributed by atoms with E-state index >= 15 is 0 Å². The average molecular weight is 354 g/mol. The third-order valence-corrected chi connectivity index (χ3v) is 5.55. The second kappa shape index (κ2) is 7.32. The Bertz CT molecular complexity index is 827. The second-order valence-electron chi connectivity index (χ2n) is 7.02. The fraction of sp³-hybridized carbons (Fsp3) is 0.450. The highest BCUT2D eigenvalue weighted by Gasteiger charge is 2.40. The number of hydrogen-bond acceptors (Lipinski definition) is 3. The summed E-state index contributed by atoms with van der Waals surface area (Å²) in [5.74, 6) is -0.779. The number of primary amides is 1. The second-order valence-corrected chi connectivity index (χ2v) is 7.02. The van der Waals surface area contributed by atoms with E-state index in [9.17, 15) is 9.59 Å². The van der Waals surface area contributed by atoms with Gasteiger partial charge in [-0.1, -0.05) is 31.2 Å². The van der Waals surface area contributed by atoms with E-state index in [1.54, 1.807) is 15.8 Å². The summed E-state index contributed by atoms with van der Waals surface area (Å²) in [7, 11) is 1.87. The molecule has 2 amide bonds. The first-order valence-electron chi connectivity index (χ1n) is 9.04. The van der Waals surface area contributed by atoms with Gasteiger partial charge in [0.2, 0.25) is 11.8 Å². The number of benzene rings is 1. The van der Waals surface area contributed by atoms with Crippen molar-refractivity contribution in [2.75, 3.05) is 13.1 Å². The first-order valence-corrected chi connectivity index (χ1v) is 9.04. The van der Waals surface area contributed by atoms with Crippen molar-refractivity contribution in [3.05, 3.63) is 52.8 Å². The molecule has 0 radical (unpaired) electrons. The Morgan fingerprint density at radius 3 is 2.50 bits per heavy atom. The van der Waals surface area contributed by atoms with Crippen LogP contribution in [0.3, 0.4) is 0 Å². The molecule has 0 spiro atoms. The molecule has 0 bridgehead atoms. The summed E-state index contributed by atoms with van der Waals surface area (Å²) in [6.07, 6.45) is 3.04. The number of aromatic nitrogens is 2. The fourth-order valence-corrected chi connectivity index (χ4v) is 3.84. The molecular formula is C20H26N4O2. The number of rotatable bonds is 5. The first-order chi connectivity index (χ1) is 12.4. The van der Waals surface area contributed by atoms with Crippen LogP contribution in [-0.2, 0) is 29.5 Å². The minimum absolute atomic E-state index is 0.0428. The van der Waals surface area contributed by atoms with E-state index in [-0.39, 0.29) is 23.7 Å². The SMILES string of the molecule is CCc1ccccc1CC(=O)N1C[C@H](C(N)=O)[C@@H](c2cnn(C)c2C)C1. The Kier molecular flexibility index (Phi) is 5.11. The van der Waals surface area contributed by atoms with Crippen LogP contribution in [0.5, 0.6) is 0 Å². The average Bonchev–Trinajstić information content (AvgIpc) is 3.20. The van der Waals surface area contributed by atoms with Crippen LogP contribution in [0, 0.1) is 12.8 Å². The highest BCUT2D eigenvalue weighted by molar-refractivity contribution is 5.83. The predicted molar refractivity (Wildman–Crippen MR) is 99.5 cm³/mol. The van der Waals surface area contributed by atoms with E-state index in [1.165, 1.54) is 5.56 Å². The normalized spacial score (nSPS) is 19.7. The number of aryl methyl sites for hydroxylation is 2. The summed E-state index contributed by atoms with van der Waals surface area (Å²) in [6, 6.07) is 8.01. The number of carbonyl (C=O) groups excluding carboxylic acids is 2. The summed E-state index contributed by atoms with van der Waals surface area (Å²) in [5, 5.41) is 4.28. The van der Waals surface area contributed by atoms with Crippen LogP contribution in [-0.4, -0.2) is 39.6 Å². The van der Waals surface area contributed by atoms with E-state index in [0.29, 0.717) is 19.5 Å². The van der Waals surface area contributed by atoms with Gasteiger partial charge in [0.15, 0.2) is 0 Å². The molecule has 2 aromatic rings. The van der Waals surface area contributed by atoms with Crippen LogP contribution in [0.1, 0.15) is 35.2 Å². The molecule has 1 saturated heterocycles. The summed E-state index contributed by atoms with van der Waals surface area (Å²) < 4.78 is 1.79. The van der Waals surface area contributed by atoms with E-state index in [4.69, 9.17) is 5.73 Å². The molecule has 2 N–H and O–H groups in total. The van der Waals surface area contributed by atoms with E-state index in [2.05, 4.69) is 18.1 Å². The zero-order chi connectivity index (χ0) is 18.8. The third kappa shape index (κ3) is 3.36. The third-order valence-electron chi connectivity index (χ3n) is 5.55. The van der Waals surface area contributed by atoms with Crippen molar-refractivity contribution in [1.82, 2.24) is 14.7 Å². The highest BCUT2D eigenvalue weighted by atomic mass is 16.2. The lowest BCUT2D eigenvalue weighted by Gasteiger charge is -2.17. The quantitative estimate of drug-likeness (QED) is 0.885. The van der Waals surface area contributed by atoms with E-state index in [0.717, 1.165) is 23.2 Å². The van der Waals surface area contributed by atoms with Gasteiger partial charge in [-0.25, -0.2) is 0 Å². The first kappa shape index (κ1) is 18.2. The minimum atomic E-state index is -0.372. The molecule has 3 rings (SSSR count). The number of nitrogens with two attached hydrogens (primary N) is 1. The fourth-order valence-electron chi connectivity index (χ4n) is 3.84. The van der Waals surface area contributed by atoms with Gasteiger partial charge in [0, 0.05) is 31.7 Å². The molecule has 138 valence electrons. The van der Waals surface area contributed by atoms with Gasteiger partial charge >= 0.3 is 0 Å². The van der Waals surface area contributed by atoms with Crippen molar-refractivity contribution in [2.45, 2.75) is 32.6 Å². The number of amides is 2. The van der Waals surface area contributed by atoms with Gasteiger partial charge in [-0.15, -0.1) is 0 Å². The molecule has 2 atom stereocenters. The molecule has 0 unspecified atom stereocenters. The van der Waals surface area contributed by atoms with Crippen molar-refractivity contribution in [3.63, 3.8) is 0 Å². The monoisotopic (exact) mass is 354 g/mol. The lowest BCUT2D eigenvalue weighted by Crippen LogP contribution is -2.33. The van der Waals surface area contributed by atoms with Gasteiger partial charge in [-0.2, -0.15) is 5.10 Å². The molecule has 1 fully saturated rings. The Morgan fingerprint density at radius 1 is 1.23 bits per heavy atom. The van der Waals surface area contributed by atoms with Gasteiger partial charge in [0.05, 0.1) is 18.5 Å². The van der Waals surface area contributed by atoms with Gasteiger partial charge in [-0.3, -0.25) is 14.3 Å². The van der Waals surface area contributed by atoms with Crippen LogP contribution >= 0.6 is 0 Å². The van der Waals surface area contributed by atoms with Crippen LogP contribution < -0.4 is 5.73 Å². The minimum Gasteiger partial charge on any atom is -0.369 e. The van der Waals surface area contributed by atoms with Gasteiger partial charge in [0.25, 0.3) is 0 Å². The van der Waals surface area contributed by atoms with E-state index < -0.39 is 0 Å². The maximum atomic E-state index is 12.9. The molecule has 0 aliphatic carbocycles. The molecule has 1 aliphatic rings. The van der Waals surface area contributed by atoms with Crippen molar-refractivity contribution in [2.24, 2.45) is 18.7 Å². The molecule has 26 heavy (non-hydrogen) atoms. The molecule has 0 saturated carbocycles. The Hall–Kier alpha value is -2.63. The maximum absolute atomic E-state index is 12.9. The molecule has 1 aliphatic heterocycles. The highest BCUT2D eigenvalue weighted by Crippen LogP contribution is 2.34. The van der Waals surface area contributed by atoms with Crippen LogP contribution in [0.4, 0.5) is 0 Å². The van der Waals surface area contributed by atoms with Crippen LogP contribution in [0.25, 0.3) is 0 Å². The van der Waals surface area contributed by atoms with Crippen LogP contribution in [0.2, 0.25) is 0 Å². The zero-order valence-corrected chi connectivity index (χ0v) is 15.6. The van der Waals surface area contributed by atoms with Crippen molar-refractivity contribution < 1.29 is 9.59 Å². The van der Waals surface area contributed by atoms with Gasteiger partial charge in [-0.05, 0) is 30.0 Å². The number of hydrogen-bond donors (Lipinski definition) is 1. The van der Waals surface area contributed by atoms with Crippen molar-refractivity contribution >= 4 is 11.8 Å². The standard InChI is InChI=1S/C20H26N4O2/c1-4-14-7-5-6-8-15(14)9-19(25)24-11-17(18(12-24)20(21)26)16-10-22-23(3)13(16)2/h5-8,10,17-18H,4,9,11-12H2,1-3H3,(H2,21,26)/t17-,18+/m1/s1. The zero-order valence-electron chi connectivity index (χ0n) is 15.6. The van der Waals surface area contributed by atoms with Crippen LogP contribution in [0.15, 0.2) is 30.5 Å². The predicted octanol–water partition coefficient (Wildman–Crippen LogP) is 1.56. The summed E-state index contributed by atoms with van der Waals surface area (Å²) in [6.45, 7) is 4.95. The van der Waals surface area contributed by atoms with E-state index in [1.807, 2.05) is 32.2 Å². The summed E-state index contributed by atoms with van der Waals surface area (Å²) in [5.41, 5.74) is 9.88. The number of nitrogens with zero attached hydrogens (tertiary/aromatic N) is 3. The molecule has 6 nitrogen and oxygen atoms in total. The Labute approximate surface area is 154 Å². The molecule has 1 aromatic carbocycles. The molecule has 6 heteroatoms. The maximum Gasteiger partial charge on any atom is 0.227 e. The largest absolute Gasteiger partial charge is 0.369 e. The topological polar surface area (TPSA) is 81.2 Å². The summed E-state index contributed by atoms with van der Waals surface area (Å²) >= 11 is 0. The number of likely N-dealkylation sites (tertiary alicyclic amines) is 1. The van der Waals surface area contributed by atoms with Gasteiger partial charge in [0.1, 0.15) is 0 Å². The molecule has 2 heterocycles. The Morgan fingerprint density at radius 2 is 1.92 bits per heavy atom. The van der Waals surface area contributed by atoms with Crippen molar-refractivity contribution in [1.29, 1.82) is 0 Å². The lowest BCUT2D eigenvalue weighted by atomic mass is 9.89. The Balaban J connectivity index is 1.80. The number of carbonyl (C=O) groups is 2. The van der Waals surface area contributed by atoms with Gasteiger partial charge < -0.3 is 10.6 Å².